The number of nitrogens with one attached hydrogen (secondary N) is 1. The third-order valence-electron chi connectivity index (χ3n) is 3.36. The average Bonchev–Trinajstić information content (AvgIpc) is 2.30. The van der Waals surface area contributed by atoms with Gasteiger partial charge in [0.25, 0.3) is 0 Å². The number of halogens is 2. The minimum absolute atomic E-state index is 0.510. The molecule has 1 aliphatic heterocycles. The molecule has 4 heteroatoms. The number of benzene rings is 1. The Hall–Kier alpha value is -0.250. The van der Waals surface area contributed by atoms with Crippen molar-refractivity contribution < 1.29 is 0 Å². The van der Waals surface area contributed by atoms with Gasteiger partial charge in [0.15, 0.2) is 0 Å². The van der Waals surface area contributed by atoms with Gasteiger partial charge in [0.05, 0.1) is 5.69 Å². The molecule has 2 unspecified atom stereocenters. The highest BCUT2D eigenvalue weighted by Crippen LogP contribution is 2.31. The molecule has 1 aromatic carbocycles. The number of hydrogen-bond acceptors (Lipinski definition) is 2. The predicted octanol–water partition coefficient (Wildman–Crippen LogP) is 3.68. The normalized spacial score (nSPS) is 25.1. The molecule has 2 nitrogen and oxygen atoms in total. The minimum Gasteiger partial charge on any atom is -0.365 e. The van der Waals surface area contributed by atoms with E-state index in [1.54, 1.807) is 0 Å². The molecule has 17 heavy (non-hydrogen) atoms. The summed E-state index contributed by atoms with van der Waals surface area (Å²) >= 11 is 9.59. The van der Waals surface area contributed by atoms with E-state index in [0.717, 1.165) is 29.0 Å². The van der Waals surface area contributed by atoms with Crippen LogP contribution in [-0.4, -0.2) is 25.2 Å². The molecule has 2 rings (SSSR count). The van der Waals surface area contributed by atoms with Gasteiger partial charge in [-0.3, -0.25) is 0 Å². The van der Waals surface area contributed by atoms with Crippen LogP contribution in [0.3, 0.4) is 0 Å². The highest BCUT2D eigenvalue weighted by molar-refractivity contribution is 9.10. The Morgan fingerprint density at radius 2 is 2.29 bits per heavy atom. The summed E-state index contributed by atoms with van der Waals surface area (Å²) in [5.74, 6) is 0. The lowest BCUT2D eigenvalue weighted by atomic mass is 10.1. The van der Waals surface area contributed by atoms with Gasteiger partial charge in [-0.25, -0.2) is 0 Å². The van der Waals surface area contributed by atoms with Crippen LogP contribution < -0.4 is 10.2 Å². The van der Waals surface area contributed by atoms with Crippen LogP contribution in [-0.2, 0) is 0 Å². The summed E-state index contributed by atoms with van der Waals surface area (Å²) in [6, 6.07) is 7.11. The van der Waals surface area contributed by atoms with Crippen LogP contribution in [0.25, 0.3) is 0 Å². The fourth-order valence-electron chi connectivity index (χ4n) is 2.25. The Labute approximate surface area is 116 Å². The van der Waals surface area contributed by atoms with E-state index in [9.17, 15) is 0 Å². The average molecular weight is 318 g/mol. The molecule has 0 saturated carbocycles. The molecule has 0 amide bonds. The fourth-order valence-corrected chi connectivity index (χ4v) is 3.16. The lowest BCUT2D eigenvalue weighted by molar-refractivity contribution is 0.397. The molecule has 1 aromatic rings. The van der Waals surface area contributed by atoms with E-state index < -0.39 is 0 Å². The van der Waals surface area contributed by atoms with Gasteiger partial charge in [-0.15, -0.1) is 0 Å². The van der Waals surface area contributed by atoms with Crippen molar-refractivity contribution >= 4 is 33.2 Å². The van der Waals surface area contributed by atoms with E-state index in [1.807, 2.05) is 12.1 Å². The summed E-state index contributed by atoms with van der Waals surface area (Å²) in [6.45, 7) is 6.56. The van der Waals surface area contributed by atoms with Crippen LogP contribution in [0.1, 0.15) is 20.3 Å². The second-order valence-corrected chi connectivity index (χ2v) is 5.90. The molecule has 1 saturated heterocycles. The molecule has 94 valence electrons. The summed E-state index contributed by atoms with van der Waals surface area (Å²) in [5, 5.41) is 4.34. The van der Waals surface area contributed by atoms with E-state index in [2.05, 4.69) is 46.1 Å². The topological polar surface area (TPSA) is 15.3 Å². The van der Waals surface area contributed by atoms with E-state index in [0.29, 0.717) is 12.1 Å². The fraction of sp³-hybridized carbons (Fsp3) is 0.538. The van der Waals surface area contributed by atoms with Crippen molar-refractivity contribution in [1.82, 2.24) is 5.32 Å². The van der Waals surface area contributed by atoms with Gasteiger partial charge in [-0.1, -0.05) is 18.5 Å². The second kappa shape index (κ2) is 5.59. The molecule has 2 atom stereocenters. The Morgan fingerprint density at radius 3 is 2.94 bits per heavy atom. The van der Waals surface area contributed by atoms with Gasteiger partial charge >= 0.3 is 0 Å². The second-order valence-electron chi connectivity index (χ2n) is 4.61. The number of piperazine rings is 1. The van der Waals surface area contributed by atoms with E-state index >= 15 is 0 Å². The molecule has 0 spiro atoms. The maximum atomic E-state index is 5.99. The zero-order valence-electron chi connectivity index (χ0n) is 10.2. The van der Waals surface area contributed by atoms with Gasteiger partial charge in [-0.05, 0) is 47.5 Å². The summed E-state index contributed by atoms with van der Waals surface area (Å²) in [5.41, 5.74) is 1.24. The highest BCUT2D eigenvalue weighted by atomic mass is 79.9. The van der Waals surface area contributed by atoms with Crippen molar-refractivity contribution in [3.63, 3.8) is 0 Å². The first-order chi connectivity index (χ1) is 8.11. The van der Waals surface area contributed by atoms with E-state index in [4.69, 9.17) is 11.6 Å². The maximum absolute atomic E-state index is 5.99. The van der Waals surface area contributed by atoms with Gasteiger partial charge < -0.3 is 10.2 Å². The van der Waals surface area contributed by atoms with Crippen molar-refractivity contribution in [3.05, 3.63) is 27.7 Å². The number of hydrogen-bond donors (Lipinski definition) is 1. The summed E-state index contributed by atoms with van der Waals surface area (Å²) < 4.78 is 1.08. The van der Waals surface area contributed by atoms with Crippen molar-refractivity contribution in [1.29, 1.82) is 0 Å². The SMILES string of the molecule is CCC1CN(c2ccc(Cl)cc2Br)C(C)CN1. The first-order valence-electron chi connectivity index (χ1n) is 6.07. The summed E-state index contributed by atoms with van der Waals surface area (Å²) in [7, 11) is 0. The standard InChI is InChI=1S/C13H18BrClN2/c1-3-11-8-17(9(2)7-16-11)13-5-4-10(15)6-12(13)14/h4-6,9,11,16H,3,7-8H2,1-2H3. The van der Waals surface area contributed by atoms with Crippen LogP contribution in [0.5, 0.6) is 0 Å². The summed E-state index contributed by atoms with van der Waals surface area (Å²) in [6.07, 6.45) is 1.16. The van der Waals surface area contributed by atoms with Crippen LogP contribution in [0.4, 0.5) is 5.69 Å². The third kappa shape index (κ3) is 2.95. The lowest BCUT2D eigenvalue weighted by Crippen LogP contribution is -2.55. The Balaban J connectivity index is 2.24. The Morgan fingerprint density at radius 1 is 1.53 bits per heavy atom. The van der Waals surface area contributed by atoms with Crippen LogP contribution in [0.15, 0.2) is 22.7 Å². The van der Waals surface area contributed by atoms with Crippen molar-refractivity contribution in [2.45, 2.75) is 32.4 Å². The largest absolute Gasteiger partial charge is 0.365 e. The molecule has 0 radical (unpaired) electrons. The van der Waals surface area contributed by atoms with E-state index in [-0.39, 0.29) is 0 Å². The first kappa shape index (κ1) is 13.2. The monoisotopic (exact) mass is 316 g/mol. The van der Waals surface area contributed by atoms with Crippen LogP contribution >= 0.6 is 27.5 Å². The molecular weight excluding hydrogens is 300 g/mol. The van der Waals surface area contributed by atoms with Gasteiger partial charge in [0, 0.05) is 34.7 Å². The van der Waals surface area contributed by atoms with Gasteiger partial charge in [-0.2, -0.15) is 0 Å². The molecular formula is C13H18BrClN2. The van der Waals surface area contributed by atoms with Crippen molar-refractivity contribution in [3.8, 4) is 0 Å². The Kier molecular flexibility index (Phi) is 4.34. The molecule has 1 heterocycles. The van der Waals surface area contributed by atoms with Crippen molar-refractivity contribution in [2.75, 3.05) is 18.0 Å². The molecule has 0 aromatic heterocycles. The zero-order chi connectivity index (χ0) is 12.4. The lowest BCUT2D eigenvalue weighted by Gasteiger charge is -2.40. The van der Waals surface area contributed by atoms with Crippen LogP contribution in [0.2, 0.25) is 5.02 Å². The molecule has 1 fully saturated rings. The van der Waals surface area contributed by atoms with E-state index in [1.165, 1.54) is 5.69 Å². The minimum atomic E-state index is 0.510. The first-order valence-corrected chi connectivity index (χ1v) is 7.24. The number of anilines is 1. The zero-order valence-corrected chi connectivity index (χ0v) is 12.6. The number of nitrogens with zero attached hydrogens (tertiary/aromatic N) is 1. The van der Waals surface area contributed by atoms with Gasteiger partial charge in [0.1, 0.15) is 0 Å². The highest BCUT2D eigenvalue weighted by Gasteiger charge is 2.25. The quantitative estimate of drug-likeness (QED) is 0.895. The Bertz CT molecular complexity index is 397. The maximum Gasteiger partial charge on any atom is 0.0515 e. The summed E-state index contributed by atoms with van der Waals surface area (Å²) in [4.78, 5) is 2.45. The van der Waals surface area contributed by atoms with Gasteiger partial charge in [0.2, 0.25) is 0 Å². The molecule has 0 aliphatic carbocycles. The number of rotatable bonds is 2. The smallest absolute Gasteiger partial charge is 0.0515 e. The predicted molar refractivity (Wildman–Crippen MR) is 78.0 cm³/mol. The molecule has 0 bridgehead atoms. The molecule has 1 aliphatic rings. The van der Waals surface area contributed by atoms with Crippen LogP contribution in [0, 0.1) is 0 Å². The third-order valence-corrected chi connectivity index (χ3v) is 4.23. The molecule has 1 N–H and O–H groups in total. The van der Waals surface area contributed by atoms with Crippen molar-refractivity contribution in [2.24, 2.45) is 0 Å².